The van der Waals surface area contributed by atoms with E-state index in [9.17, 15) is 4.79 Å². The molecule has 0 fully saturated rings. The molecule has 1 aliphatic heterocycles. The highest BCUT2D eigenvalue weighted by Crippen LogP contribution is 2.31. The van der Waals surface area contributed by atoms with Crippen molar-refractivity contribution in [3.8, 4) is 5.69 Å². The third kappa shape index (κ3) is 3.95. The summed E-state index contributed by atoms with van der Waals surface area (Å²) < 4.78 is 2.03. The summed E-state index contributed by atoms with van der Waals surface area (Å²) in [5.41, 5.74) is 5.59. The van der Waals surface area contributed by atoms with Gasteiger partial charge >= 0.3 is 0 Å². The molecule has 8 heteroatoms. The van der Waals surface area contributed by atoms with E-state index in [-0.39, 0.29) is 5.91 Å². The summed E-state index contributed by atoms with van der Waals surface area (Å²) in [6, 6.07) is 23.7. The number of hydrogen-bond donors (Lipinski definition) is 0. The molecule has 34 heavy (non-hydrogen) atoms. The monoisotopic (exact) mass is 470 g/mol. The smallest absolute Gasteiger partial charge is 0.252 e. The Labute approximate surface area is 202 Å². The lowest BCUT2D eigenvalue weighted by Gasteiger charge is -2.19. The quantitative estimate of drug-likeness (QED) is 0.421. The lowest BCUT2D eigenvalue weighted by molar-refractivity contribution is -0.116. The number of para-hydroxylation sites is 1. The molecular weight excluding hydrogens is 448 g/mol. The van der Waals surface area contributed by atoms with Crippen LogP contribution in [0.1, 0.15) is 29.4 Å². The van der Waals surface area contributed by atoms with E-state index in [4.69, 9.17) is 16.7 Å². The van der Waals surface area contributed by atoms with E-state index < -0.39 is 0 Å². The number of benzene rings is 3. The Balaban J connectivity index is 1.61. The second-order valence-electron chi connectivity index (χ2n) is 8.16. The first kappa shape index (κ1) is 21.9. The Kier molecular flexibility index (Phi) is 5.63. The van der Waals surface area contributed by atoms with Gasteiger partial charge in [-0.25, -0.2) is 5.01 Å². The van der Waals surface area contributed by atoms with Crippen LogP contribution in [0.5, 0.6) is 0 Å². The zero-order chi connectivity index (χ0) is 23.8. The minimum atomic E-state index is -0.0150. The van der Waals surface area contributed by atoms with Crippen LogP contribution in [0.25, 0.3) is 5.69 Å². The van der Waals surface area contributed by atoms with E-state index in [1.165, 1.54) is 0 Å². The molecule has 1 amide bonds. The van der Waals surface area contributed by atoms with Gasteiger partial charge in [0.1, 0.15) is 11.5 Å². The molecule has 0 saturated carbocycles. The van der Waals surface area contributed by atoms with Crippen LogP contribution in [-0.4, -0.2) is 33.4 Å². The van der Waals surface area contributed by atoms with Crippen molar-refractivity contribution in [2.75, 3.05) is 17.0 Å². The minimum absolute atomic E-state index is 0.0150. The van der Waals surface area contributed by atoms with E-state index in [1.807, 2.05) is 77.2 Å². The Morgan fingerprint density at radius 3 is 2.38 bits per heavy atom. The molecule has 0 radical (unpaired) electrons. The van der Waals surface area contributed by atoms with Gasteiger partial charge in [-0.2, -0.15) is 5.10 Å². The van der Waals surface area contributed by atoms with Crippen molar-refractivity contribution >= 4 is 34.9 Å². The topological polar surface area (TPSA) is 66.6 Å². The standard InChI is InChI=1S/C26H23ClN6O/c1-17-28-29-26-32(16-19-8-14-22(15-9-19)31(3)18(2)34)30-25(20-10-12-21(27)13-11-20)23-6-4-5-7-24(23)33(17)26/h4-15H,16H2,1-3H3. The number of nitrogens with zero attached hydrogens (tertiary/aromatic N) is 6. The lowest BCUT2D eigenvalue weighted by Crippen LogP contribution is -2.23. The van der Waals surface area contributed by atoms with Crippen molar-refractivity contribution < 1.29 is 4.79 Å². The van der Waals surface area contributed by atoms with E-state index in [2.05, 4.69) is 22.3 Å². The van der Waals surface area contributed by atoms with E-state index in [0.717, 1.165) is 39.6 Å². The first-order valence-corrected chi connectivity index (χ1v) is 11.3. The first-order chi connectivity index (χ1) is 16.4. The second kappa shape index (κ2) is 8.76. The molecule has 0 saturated heterocycles. The van der Waals surface area contributed by atoms with Gasteiger partial charge in [0.15, 0.2) is 0 Å². The fourth-order valence-electron chi connectivity index (χ4n) is 4.00. The van der Waals surface area contributed by atoms with Crippen molar-refractivity contribution in [3.63, 3.8) is 0 Å². The van der Waals surface area contributed by atoms with Gasteiger partial charge in [-0.15, -0.1) is 10.2 Å². The van der Waals surface area contributed by atoms with Crippen molar-refractivity contribution in [1.82, 2.24) is 14.8 Å². The number of hydrogen-bond acceptors (Lipinski definition) is 5. The largest absolute Gasteiger partial charge is 0.316 e. The number of rotatable bonds is 4. The minimum Gasteiger partial charge on any atom is -0.316 e. The van der Waals surface area contributed by atoms with Crippen LogP contribution in [0.4, 0.5) is 11.6 Å². The Morgan fingerprint density at radius 1 is 0.971 bits per heavy atom. The van der Waals surface area contributed by atoms with Crippen molar-refractivity contribution in [2.24, 2.45) is 5.10 Å². The molecule has 3 aromatic carbocycles. The number of aryl methyl sites for hydroxylation is 1. The maximum atomic E-state index is 11.7. The predicted octanol–water partition coefficient (Wildman–Crippen LogP) is 4.98. The van der Waals surface area contributed by atoms with Gasteiger partial charge in [0.25, 0.3) is 5.95 Å². The summed E-state index contributed by atoms with van der Waals surface area (Å²) in [6.45, 7) is 3.96. The Morgan fingerprint density at radius 2 is 1.68 bits per heavy atom. The maximum Gasteiger partial charge on any atom is 0.252 e. The maximum absolute atomic E-state index is 11.7. The molecule has 0 spiro atoms. The number of carbonyl (C=O) groups excluding carboxylic acids is 1. The second-order valence-corrected chi connectivity index (χ2v) is 8.59. The molecular formula is C26H23ClN6O. The molecule has 0 unspecified atom stereocenters. The molecule has 0 bridgehead atoms. The summed E-state index contributed by atoms with van der Waals surface area (Å²) in [6.07, 6.45) is 0. The molecule has 4 aromatic rings. The number of hydrazone groups is 1. The SMILES string of the molecule is CC(=O)N(C)c1ccc(CN2N=C(c3ccc(Cl)cc3)c3ccccc3-n3c(C)nnc32)cc1. The highest BCUT2D eigenvalue weighted by atomic mass is 35.5. The molecule has 7 nitrogen and oxygen atoms in total. The van der Waals surface area contributed by atoms with Gasteiger partial charge in [0, 0.05) is 35.8 Å². The van der Waals surface area contributed by atoms with Crippen molar-refractivity contribution in [1.29, 1.82) is 0 Å². The first-order valence-electron chi connectivity index (χ1n) is 10.9. The average Bonchev–Trinajstić information content (AvgIpc) is 3.17. The van der Waals surface area contributed by atoms with Gasteiger partial charge in [0.2, 0.25) is 5.91 Å². The number of anilines is 2. The molecule has 5 rings (SSSR count). The fourth-order valence-corrected chi connectivity index (χ4v) is 4.12. The Bertz CT molecular complexity index is 1390. The number of carbonyl (C=O) groups is 1. The molecule has 1 aromatic heterocycles. The highest BCUT2D eigenvalue weighted by molar-refractivity contribution is 6.30. The van der Waals surface area contributed by atoms with Gasteiger partial charge in [-0.3, -0.25) is 9.36 Å². The fraction of sp³-hybridized carbons (Fsp3) is 0.154. The van der Waals surface area contributed by atoms with Gasteiger partial charge in [-0.05, 0) is 42.8 Å². The molecule has 2 heterocycles. The van der Waals surface area contributed by atoms with Gasteiger partial charge in [-0.1, -0.05) is 54.1 Å². The van der Waals surface area contributed by atoms with Crippen LogP contribution in [0.2, 0.25) is 5.02 Å². The average molecular weight is 471 g/mol. The summed E-state index contributed by atoms with van der Waals surface area (Å²) in [7, 11) is 1.76. The summed E-state index contributed by atoms with van der Waals surface area (Å²) in [4.78, 5) is 13.3. The van der Waals surface area contributed by atoms with Crippen LogP contribution >= 0.6 is 11.6 Å². The van der Waals surface area contributed by atoms with Crippen molar-refractivity contribution in [2.45, 2.75) is 20.4 Å². The lowest BCUT2D eigenvalue weighted by atomic mass is 10.0. The number of amides is 1. The van der Waals surface area contributed by atoms with Crippen LogP contribution in [-0.2, 0) is 11.3 Å². The van der Waals surface area contributed by atoms with Crippen LogP contribution in [0.15, 0.2) is 77.9 Å². The summed E-state index contributed by atoms with van der Waals surface area (Å²) in [5, 5.41) is 16.4. The van der Waals surface area contributed by atoms with Crippen LogP contribution < -0.4 is 9.91 Å². The summed E-state index contributed by atoms with van der Waals surface area (Å²) in [5.74, 6) is 1.40. The molecule has 0 aliphatic carbocycles. The third-order valence-corrected chi connectivity index (χ3v) is 6.16. The highest BCUT2D eigenvalue weighted by Gasteiger charge is 2.26. The molecule has 170 valence electrons. The number of aromatic nitrogens is 3. The van der Waals surface area contributed by atoms with Gasteiger partial charge < -0.3 is 4.90 Å². The summed E-state index contributed by atoms with van der Waals surface area (Å²) >= 11 is 6.15. The number of halogens is 1. The predicted molar refractivity (Wildman–Crippen MR) is 135 cm³/mol. The van der Waals surface area contributed by atoms with E-state index in [0.29, 0.717) is 17.5 Å². The van der Waals surface area contributed by atoms with Gasteiger partial charge in [0.05, 0.1) is 12.2 Å². The van der Waals surface area contributed by atoms with Crippen LogP contribution in [0.3, 0.4) is 0 Å². The molecule has 0 atom stereocenters. The third-order valence-electron chi connectivity index (χ3n) is 5.91. The zero-order valence-corrected chi connectivity index (χ0v) is 19.9. The van der Waals surface area contributed by atoms with E-state index in [1.54, 1.807) is 18.9 Å². The van der Waals surface area contributed by atoms with E-state index >= 15 is 0 Å². The van der Waals surface area contributed by atoms with Crippen molar-refractivity contribution in [3.05, 3.63) is 100 Å². The Hall–Kier alpha value is -3.97. The molecule has 0 N–H and O–H groups in total. The van der Waals surface area contributed by atoms with Crippen LogP contribution in [0, 0.1) is 6.92 Å². The number of fused-ring (bicyclic) bond motifs is 3. The molecule has 1 aliphatic rings. The normalized spacial score (nSPS) is 12.5. The zero-order valence-electron chi connectivity index (χ0n) is 19.1.